The van der Waals surface area contributed by atoms with E-state index < -0.39 is 0 Å². The van der Waals surface area contributed by atoms with Crippen molar-refractivity contribution in [3.63, 3.8) is 0 Å². The van der Waals surface area contributed by atoms with Crippen molar-refractivity contribution < 1.29 is 4.79 Å². The summed E-state index contributed by atoms with van der Waals surface area (Å²) in [7, 11) is 0. The number of fused-ring (bicyclic) bond motifs is 1. The second-order valence-corrected chi connectivity index (χ2v) is 4.97. The highest BCUT2D eigenvalue weighted by atomic mass is 16.1. The summed E-state index contributed by atoms with van der Waals surface area (Å²) >= 11 is 0. The molecule has 22 heavy (non-hydrogen) atoms. The second-order valence-electron chi connectivity index (χ2n) is 4.97. The Morgan fingerprint density at radius 2 is 1.77 bits per heavy atom. The molecule has 0 radical (unpaired) electrons. The van der Waals surface area contributed by atoms with Gasteiger partial charge in [0, 0.05) is 30.2 Å². The lowest BCUT2D eigenvalue weighted by atomic mass is 10.2. The minimum absolute atomic E-state index is 0.0263. The average molecular weight is 291 g/mol. The summed E-state index contributed by atoms with van der Waals surface area (Å²) < 4.78 is 0. The van der Waals surface area contributed by atoms with Crippen molar-refractivity contribution in [3.05, 3.63) is 66.9 Å². The molecule has 1 amide bonds. The highest BCUT2D eigenvalue weighted by Gasteiger charge is 2.06. The molecule has 0 saturated heterocycles. The highest BCUT2D eigenvalue weighted by molar-refractivity contribution is 6.00. The van der Waals surface area contributed by atoms with Crippen molar-refractivity contribution in [2.24, 2.45) is 0 Å². The maximum Gasteiger partial charge on any atom is 0.226 e. The third kappa shape index (κ3) is 3.41. The first kappa shape index (κ1) is 14.1. The molecule has 0 saturated carbocycles. The number of rotatable bonds is 5. The van der Waals surface area contributed by atoms with E-state index in [1.807, 2.05) is 60.7 Å². The molecule has 4 nitrogen and oxygen atoms in total. The summed E-state index contributed by atoms with van der Waals surface area (Å²) in [4.78, 5) is 16.4. The third-order valence-corrected chi connectivity index (χ3v) is 3.36. The van der Waals surface area contributed by atoms with Gasteiger partial charge in [0.05, 0.1) is 11.2 Å². The van der Waals surface area contributed by atoms with Crippen LogP contribution >= 0.6 is 0 Å². The summed E-state index contributed by atoms with van der Waals surface area (Å²) in [6.45, 7) is 0.591. The molecule has 2 N–H and O–H groups in total. The number of benzene rings is 2. The molecule has 1 aromatic heterocycles. The van der Waals surface area contributed by atoms with Crippen LogP contribution in [0.1, 0.15) is 6.42 Å². The first-order chi connectivity index (χ1) is 10.8. The van der Waals surface area contributed by atoms with Gasteiger partial charge in [0.25, 0.3) is 0 Å². The van der Waals surface area contributed by atoms with E-state index in [4.69, 9.17) is 0 Å². The van der Waals surface area contributed by atoms with E-state index in [9.17, 15) is 4.79 Å². The Bertz CT molecular complexity index is 766. The number of hydrogen-bond donors (Lipinski definition) is 2. The van der Waals surface area contributed by atoms with E-state index in [0.717, 1.165) is 22.3 Å². The number of carbonyl (C=O) groups is 1. The van der Waals surface area contributed by atoms with Crippen LogP contribution in [0.3, 0.4) is 0 Å². The fraction of sp³-hybridized carbons (Fsp3) is 0.111. The molecule has 0 aliphatic rings. The van der Waals surface area contributed by atoms with E-state index >= 15 is 0 Å². The van der Waals surface area contributed by atoms with E-state index in [0.29, 0.717) is 13.0 Å². The molecule has 3 aromatic rings. The summed E-state index contributed by atoms with van der Waals surface area (Å²) in [5, 5.41) is 7.17. The molecule has 110 valence electrons. The summed E-state index contributed by atoms with van der Waals surface area (Å²) in [6.07, 6.45) is 2.13. The van der Waals surface area contributed by atoms with E-state index in [-0.39, 0.29) is 5.91 Å². The van der Waals surface area contributed by atoms with Crippen molar-refractivity contribution in [3.8, 4) is 0 Å². The van der Waals surface area contributed by atoms with Crippen LogP contribution in [0.2, 0.25) is 0 Å². The Kier molecular flexibility index (Phi) is 4.30. The van der Waals surface area contributed by atoms with E-state index in [1.165, 1.54) is 0 Å². The Labute approximate surface area is 129 Å². The Morgan fingerprint density at radius 1 is 0.955 bits per heavy atom. The molecule has 3 rings (SSSR count). The molecular weight excluding hydrogens is 274 g/mol. The molecule has 0 atom stereocenters. The van der Waals surface area contributed by atoms with Gasteiger partial charge in [-0.25, -0.2) is 0 Å². The lowest BCUT2D eigenvalue weighted by Gasteiger charge is -2.09. The molecule has 0 aliphatic heterocycles. The number of nitrogens with one attached hydrogen (secondary N) is 2. The molecule has 0 bridgehead atoms. The van der Waals surface area contributed by atoms with Crippen LogP contribution in [0, 0.1) is 0 Å². The SMILES string of the molecule is O=C(CCNc1ccccc1)Nc1cccc2cccnc12. The smallest absolute Gasteiger partial charge is 0.226 e. The van der Waals surface area contributed by atoms with Gasteiger partial charge in [-0.3, -0.25) is 9.78 Å². The van der Waals surface area contributed by atoms with Crippen LogP contribution < -0.4 is 10.6 Å². The van der Waals surface area contributed by atoms with Crippen molar-refractivity contribution in [1.82, 2.24) is 4.98 Å². The first-order valence-corrected chi connectivity index (χ1v) is 7.25. The van der Waals surface area contributed by atoms with Gasteiger partial charge in [-0.15, -0.1) is 0 Å². The van der Waals surface area contributed by atoms with Crippen LogP contribution in [0.15, 0.2) is 66.9 Å². The Balaban J connectivity index is 1.59. The predicted molar refractivity (Wildman–Crippen MR) is 89.9 cm³/mol. The molecule has 0 unspecified atom stereocenters. The molecule has 4 heteroatoms. The van der Waals surface area contributed by atoms with Gasteiger partial charge < -0.3 is 10.6 Å². The zero-order valence-corrected chi connectivity index (χ0v) is 12.1. The number of nitrogens with zero attached hydrogens (tertiary/aromatic N) is 1. The zero-order valence-electron chi connectivity index (χ0n) is 12.1. The standard InChI is InChI=1S/C18H17N3O/c22-17(11-13-19-15-8-2-1-3-9-15)21-16-10-4-6-14-7-5-12-20-18(14)16/h1-10,12,19H,11,13H2,(H,21,22). The van der Waals surface area contributed by atoms with Crippen LogP contribution in [-0.2, 0) is 4.79 Å². The maximum absolute atomic E-state index is 12.1. The van der Waals surface area contributed by atoms with Gasteiger partial charge in [0.2, 0.25) is 5.91 Å². The van der Waals surface area contributed by atoms with Gasteiger partial charge in [0.15, 0.2) is 0 Å². The highest BCUT2D eigenvalue weighted by Crippen LogP contribution is 2.20. The normalized spacial score (nSPS) is 10.4. The minimum atomic E-state index is -0.0263. The molecule has 1 heterocycles. The number of amides is 1. The number of anilines is 2. The summed E-state index contributed by atoms with van der Waals surface area (Å²) in [5.74, 6) is -0.0263. The maximum atomic E-state index is 12.1. The van der Waals surface area contributed by atoms with Gasteiger partial charge in [-0.2, -0.15) is 0 Å². The monoisotopic (exact) mass is 291 g/mol. The molecule has 2 aromatic carbocycles. The summed E-state index contributed by atoms with van der Waals surface area (Å²) in [5.41, 5.74) is 2.58. The number of hydrogen-bond acceptors (Lipinski definition) is 3. The van der Waals surface area contributed by atoms with Crippen LogP contribution in [0.4, 0.5) is 11.4 Å². The average Bonchev–Trinajstić information content (AvgIpc) is 2.56. The molecule has 0 fully saturated rings. The predicted octanol–water partition coefficient (Wildman–Crippen LogP) is 3.68. The Hall–Kier alpha value is -2.88. The van der Waals surface area contributed by atoms with Crippen LogP contribution in [0.5, 0.6) is 0 Å². The number of para-hydroxylation sites is 2. The van der Waals surface area contributed by atoms with E-state index in [1.54, 1.807) is 6.20 Å². The number of pyridine rings is 1. The Morgan fingerprint density at radius 3 is 2.64 bits per heavy atom. The van der Waals surface area contributed by atoms with Gasteiger partial charge in [-0.1, -0.05) is 36.4 Å². The molecule has 0 aliphatic carbocycles. The number of carbonyl (C=O) groups excluding carboxylic acids is 1. The molecule has 0 spiro atoms. The quantitative estimate of drug-likeness (QED) is 0.754. The van der Waals surface area contributed by atoms with Crippen molar-refractivity contribution in [1.29, 1.82) is 0 Å². The topological polar surface area (TPSA) is 54.0 Å². The first-order valence-electron chi connectivity index (χ1n) is 7.25. The van der Waals surface area contributed by atoms with Gasteiger partial charge in [0.1, 0.15) is 0 Å². The fourth-order valence-electron chi connectivity index (χ4n) is 2.29. The van der Waals surface area contributed by atoms with Gasteiger partial charge in [-0.05, 0) is 24.3 Å². The number of aromatic nitrogens is 1. The lowest BCUT2D eigenvalue weighted by Crippen LogP contribution is -2.16. The third-order valence-electron chi connectivity index (χ3n) is 3.36. The second kappa shape index (κ2) is 6.72. The summed E-state index contributed by atoms with van der Waals surface area (Å²) in [6, 6.07) is 19.5. The van der Waals surface area contributed by atoms with Crippen LogP contribution in [-0.4, -0.2) is 17.4 Å². The van der Waals surface area contributed by atoms with Crippen LogP contribution in [0.25, 0.3) is 10.9 Å². The lowest BCUT2D eigenvalue weighted by molar-refractivity contribution is -0.115. The van der Waals surface area contributed by atoms with Crippen molar-refractivity contribution in [2.45, 2.75) is 6.42 Å². The van der Waals surface area contributed by atoms with E-state index in [2.05, 4.69) is 15.6 Å². The zero-order chi connectivity index (χ0) is 15.2. The largest absolute Gasteiger partial charge is 0.385 e. The molecular formula is C18H17N3O. The van der Waals surface area contributed by atoms with Crippen molar-refractivity contribution >= 4 is 28.2 Å². The van der Waals surface area contributed by atoms with Gasteiger partial charge >= 0.3 is 0 Å². The fourth-order valence-corrected chi connectivity index (χ4v) is 2.29. The van der Waals surface area contributed by atoms with Crippen molar-refractivity contribution in [2.75, 3.05) is 17.2 Å². The minimum Gasteiger partial charge on any atom is -0.385 e.